The van der Waals surface area contributed by atoms with Crippen LogP contribution < -0.4 is 10.1 Å². The first-order chi connectivity index (χ1) is 14.6. The number of alkyl halides is 3. The first-order valence-electron chi connectivity index (χ1n) is 9.43. The molecule has 0 radical (unpaired) electrons. The fraction of sp³-hybridized carbons (Fsp3) is 0.421. The van der Waals surface area contributed by atoms with Crippen molar-refractivity contribution in [2.24, 2.45) is 0 Å². The molecular formula is C19H21F3N2O5S2. The third kappa shape index (κ3) is 5.76. The van der Waals surface area contributed by atoms with Gasteiger partial charge in [-0.25, -0.2) is 8.42 Å². The van der Waals surface area contributed by atoms with Gasteiger partial charge in [0.25, 0.3) is 5.91 Å². The molecule has 1 amide bonds. The summed E-state index contributed by atoms with van der Waals surface area (Å²) in [5.74, 6) is -0.733. The number of amides is 1. The van der Waals surface area contributed by atoms with Gasteiger partial charge in [0.05, 0.1) is 5.56 Å². The van der Waals surface area contributed by atoms with Gasteiger partial charge in [-0.3, -0.25) is 4.79 Å². The largest absolute Gasteiger partial charge is 0.491 e. The second kappa shape index (κ2) is 9.55. The number of hydrogen-bond donors (Lipinski definition) is 2. The van der Waals surface area contributed by atoms with Gasteiger partial charge in [-0.1, -0.05) is 6.07 Å². The minimum absolute atomic E-state index is 0.0119. The lowest BCUT2D eigenvalue weighted by molar-refractivity contribution is -0.137. The van der Waals surface area contributed by atoms with E-state index in [4.69, 9.17) is 4.74 Å². The van der Waals surface area contributed by atoms with Gasteiger partial charge in [-0.2, -0.15) is 17.5 Å². The smallest absolute Gasteiger partial charge is 0.416 e. The van der Waals surface area contributed by atoms with Crippen LogP contribution >= 0.6 is 11.3 Å². The molecule has 1 atom stereocenters. The standard InChI is InChI=1S/C19H21F3N2O5S2/c20-19(21,22)13-4-3-5-15(10-13)29-12-14(25)11-23-18(26)17-16(6-9-30-17)31(27,28)24-7-1-2-8-24/h3-6,9-10,14,25H,1-2,7-8,11-12H2,(H,23,26). The summed E-state index contributed by atoms with van der Waals surface area (Å²) < 4.78 is 70.1. The maximum atomic E-state index is 12.7. The van der Waals surface area contributed by atoms with Crippen LogP contribution in [-0.4, -0.2) is 56.1 Å². The van der Waals surface area contributed by atoms with Gasteiger partial charge in [-0.05, 0) is 42.5 Å². The van der Waals surface area contributed by atoms with Crippen molar-refractivity contribution in [3.8, 4) is 5.75 Å². The lowest BCUT2D eigenvalue weighted by Gasteiger charge is -2.16. The number of carbonyl (C=O) groups is 1. The Morgan fingerprint density at radius 1 is 1.26 bits per heavy atom. The van der Waals surface area contributed by atoms with Crippen molar-refractivity contribution in [3.05, 3.63) is 46.2 Å². The SMILES string of the molecule is O=C(NCC(O)COc1cccc(C(F)(F)F)c1)c1sccc1S(=O)(=O)N1CCCC1. The number of halogens is 3. The summed E-state index contributed by atoms with van der Waals surface area (Å²) >= 11 is 0.972. The second-order valence-electron chi connectivity index (χ2n) is 6.93. The number of aliphatic hydroxyl groups is 1. The topological polar surface area (TPSA) is 95.9 Å². The van der Waals surface area contributed by atoms with Crippen molar-refractivity contribution in [1.82, 2.24) is 9.62 Å². The van der Waals surface area contributed by atoms with Crippen LogP contribution in [0.4, 0.5) is 13.2 Å². The van der Waals surface area contributed by atoms with Crippen molar-refractivity contribution >= 4 is 27.3 Å². The molecule has 1 saturated heterocycles. The fourth-order valence-electron chi connectivity index (χ4n) is 3.04. The van der Waals surface area contributed by atoms with E-state index in [0.717, 1.165) is 36.3 Å². The molecule has 1 aromatic heterocycles. The molecule has 31 heavy (non-hydrogen) atoms. The van der Waals surface area contributed by atoms with Crippen LogP contribution in [-0.2, 0) is 16.2 Å². The zero-order chi connectivity index (χ0) is 22.6. The number of carbonyl (C=O) groups excluding carboxylic acids is 1. The van der Waals surface area contributed by atoms with Gasteiger partial charge >= 0.3 is 6.18 Å². The molecular weight excluding hydrogens is 457 g/mol. The Balaban J connectivity index is 1.55. The summed E-state index contributed by atoms with van der Waals surface area (Å²) in [7, 11) is -3.77. The normalized spacial score (nSPS) is 16.3. The molecule has 170 valence electrons. The molecule has 0 spiro atoms. The van der Waals surface area contributed by atoms with Gasteiger partial charge in [-0.15, -0.1) is 11.3 Å². The van der Waals surface area contributed by atoms with Crippen LogP contribution in [0.2, 0.25) is 0 Å². The van der Waals surface area contributed by atoms with Gasteiger partial charge < -0.3 is 15.2 Å². The number of nitrogens with zero attached hydrogens (tertiary/aromatic N) is 1. The number of sulfonamides is 1. The predicted molar refractivity (Wildman–Crippen MR) is 108 cm³/mol. The highest BCUT2D eigenvalue weighted by atomic mass is 32.2. The van der Waals surface area contributed by atoms with Crippen molar-refractivity contribution in [1.29, 1.82) is 0 Å². The number of hydrogen-bond acceptors (Lipinski definition) is 6. The van der Waals surface area contributed by atoms with Crippen LogP contribution in [0.1, 0.15) is 28.1 Å². The molecule has 0 aliphatic carbocycles. The van der Waals surface area contributed by atoms with Crippen LogP contribution in [0.3, 0.4) is 0 Å². The number of rotatable bonds is 8. The van der Waals surface area contributed by atoms with Crippen LogP contribution in [0.15, 0.2) is 40.6 Å². The molecule has 1 aromatic carbocycles. The average Bonchev–Trinajstić information content (AvgIpc) is 3.42. The first kappa shape index (κ1) is 23.5. The maximum Gasteiger partial charge on any atom is 0.416 e. The Morgan fingerprint density at radius 2 is 1.97 bits per heavy atom. The zero-order valence-corrected chi connectivity index (χ0v) is 17.9. The Labute approximate surface area is 181 Å². The summed E-state index contributed by atoms with van der Waals surface area (Å²) in [6, 6.07) is 5.60. The third-order valence-corrected chi connectivity index (χ3v) is 7.60. The number of ether oxygens (including phenoxy) is 1. The highest BCUT2D eigenvalue weighted by molar-refractivity contribution is 7.89. The quantitative estimate of drug-likeness (QED) is 0.608. The number of aliphatic hydroxyl groups excluding tert-OH is 1. The number of benzene rings is 1. The van der Waals surface area contributed by atoms with Crippen molar-refractivity contribution in [3.63, 3.8) is 0 Å². The van der Waals surface area contributed by atoms with E-state index in [1.807, 2.05) is 0 Å². The van der Waals surface area contributed by atoms with Crippen LogP contribution in [0.25, 0.3) is 0 Å². The fourth-order valence-corrected chi connectivity index (χ4v) is 5.87. The molecule has 1 unspecified atom stereocenters. The van der Waals surface area contributed by atoms with Crippen LogP contribution in [0.5, 0.6) is 5.75 Å². The first-order valence-corrected chi connectivity index (χ1v) is 11.7. The summed E-state index contributed by atoms with van der Waals surface area (Å²) in [6.45, 7) is 0.194. The second-order valence-corrected chi connectivity index (χ2v) is 9.75. The molecule has 2 N–H and O–H groups in total. The lowest BCUT2D eigenvalue weighted by Crippen LogP contribution is -2.36. The molecule has 12 heteroatoms. The van der Waals surface area contributed by atoms with Crippen molar-refractivity contribution in [2.45, 2.75) is 30.0 Å². The van der Waals surface area contributed by atoms with E-state index in [0.29, 0.717) is 13.1 Å². The van der Waals surface area contributed by atoms with Gasteiger partial charge in [0.2, 0.25) is 10.0 Å². The molecule has 3 rings (SSSR count). The average molecular weight is 479 g/mol. The Hall–Kier alpha value is -2.15. The summed E-state index contributed by atoms with van der Waals surface area (Å²) in [6.07, 6.45) is -4.19. The number of thiophene rings is 1. The van der Waals surface area contributed by atoms with Crippen molar-refractivity contribution < 1.29 is 36.2 Å². The summed E-state index contributed by atoms with van der Waals surface area (Å²) in [5, 5.41) is 13.9. The molecule has 2 aromatic rings. The van der Waals surface area contributed by atoms with Gasteiger partial charge in [0, 0.05) is 19.6 Å². The minimum atomic E-state index is -4.51. The lowest BCUT2D eigenvalue weighted by atomic mass is 10.2. The monoisotopic (exact) mass is 478 g/mol. The Bertz CT molecular complexity index is 1020. The van der Waals surface area contributed by atoms with E-state index in [2.05, 4.69) is 5.32 Å². The van der Waals surface area contributed by atoms with E-state index in [1.54, 1.807) is 0 Å². The van der Waals surface area contributed by atoms with Crippen molar-refractivity contribution in [2.75, 3.05) is 26.2 Å². The molecule has 0 bridgehead atoms. The molecule has 7 nitrogen and oxygen atoms in total. The highest BCUT2D eigenvalue weighted by Gasteiger charge is 2.32. The molecule has 2 heterocycles. The Kier molecular flexibility index (Phi) is 7.24. The van der Waals surface area contributed by atoms with Crippen LogP contribution in [0, 0.1) is 0 Å². The third-order valence-electron chi connectivity index (χ3n) is 4.62. The molecule has 1 aliphatic rings. The van der Waals surface area contributed by atoms with Gasteiger partial charge in [0.15, 0.2) is 0 Å². The Morgan fingerprint density at radius 3 is 2.65 bits per heavy atom. The minimum Gasteiger partial charge on any atom is -0.491 e. The highest BCUT2D eigenvalue weighted by Crippen LogP contribution is 2.31. The molecule has 1 aliphatic heterocycles. The van der Waals surface area contributed by atoms with E-state index < -0.39 is 33.8 Å². The van der Waals surface area contributed by atoms with E-state index >= 15 is 0 Å². The number of nitrogens with one attached hydrogen (secondary N) is 1. The summed E-state index contributed by atoms with van der Waals surface area (Å²) in [4.78, 5) is 12.4. The zero-order valence-electron chi connectivity index (χ0n) is 16.3. The maximum absolute atomic E-state index is 12.7. The predicted octanol–water partition coefficient (Wildman–Crippen LogP) is 2.72. The summed E-state index contributed by atoms with van der Waals surface area (Å²) in [5.41, 5.74) is -0.878. The molecule has 1 fully saturated rings. The van der Waals surface area contributed by atoms with Gasteiger partial charge in [0.1, 0.15) is 28.2 Å². The molecule has 0 saturated carbocycles. The van der Waals surface area contributed by atoms with E-state index in [-0.39, 0.29) is 28.7 Å². The van der Waals surface area contributed by atoms with E-state index in [1.165, 1.54) is 27.9 Å². The van der Waals surface area contributed by atoms with E-state index in [9.17, 15) is 31.5 Å².